The maximum Gasteiger partial charge on any atom is 0.264 e. The van der Waals surface area contributed by atoms with Crippen LogP contribution >= 0.6 is 23.1 Å². The summed E-state index contributed by atoms with van der Waals surface area (Å²) in [5.41, 5.74) is 0.995. The lowest BCUT2D eigenvalue weighted by Crippen LogP contribution is -2.35. The van der Waals surface area contributed by atoms with Gasteiger partial charge in [-0.1, -0.05) is 42.1 Å². The molecule has 0 bridgehead atoms. The number of aromatic nitrogens is 1. The van der Waals surface area contributed by atoms with Crippen molar-refractivity contribution >= 4 is 39.7 Å². The SMILES string of the molecule is CN=C1SC[C@H](c2cnc(C)s2)N1C(=O)/C(=C(\C)O)c1ccccc1. The van der Waals surface area contributed by atoms with Crippen molar-refractivity contribution in [2.45, 2.75) is 19.9 Å². The number of aliphatic hydroxyl groups is 1. The quantitative estimate of drug-likeness (QED) is 0.651. The molecule has 1 amide bonds. The van der Waals surface area contributed by atoms with Gasteiger partial charge in [-0.3, -0.25) is 14.7 Å². The second-order valence-corrected chi connectivity index (χ2v) is 7.87. The third kappa shape index (κ3) is 3.48. The Balaban J connectivity index is 2.03. The van der Waals surface area contributed by atoms with Crippen LogP contribution in [-0.2, 0) is 4.79 Å². The molecule has 1 fully saturated rings. The molecule has 0 saturated carbocycles. The van der Waals surface area contributed by atoms with E-state index in [1.807, 2.05) is 43.5 Å². The molecule has 0 radical (unpaired) electrons. The van der Waals surface area contributed by atoms with Crippen LogP contribution < -0.4 is 0 Å². The van der Waals surface area contributed by atoms with Gasteiger partial charge in [-0.25, -0.2) is 4.98 Å². The number of carbonyl (C=O) groups excluding carboxylic acids is 1. The number of aliphatic imine (C=N–C) groups is 1. The lowest BCUT2D eigenvalue weighted by molar-refractivity contribution is -0.122. The number of aryl methyl sites for hydroxylation is 1. The van der Waals surface area contributed by atoms with Crippen LogP contribution in [0.3, 0.4) is 0 Å². The standard InChI is InChI=1S/C18H19N3O2S2/c1-11(22)16(13-7-5-4-6-8-13)17(23)21-14(10-24-18(21)19-3)15-9-20-12(2)25-15/h4-9,14,22H,10H2,1-3H3/b16-11+,19-18?/t14-/m1/s1. The van der Waals surface area contributed by atoms with E-state index in [9.17, 15) is 9.90 Å². The van der Waals surface area contributed by atoms with Crippen LogP contribution in [0.2, 0.25) is 0 Å². The van der Waals surface area contributed by atoms with Gasteiger partial charge in [-0.15, -0.1) is 11.3 Å². The number of allylic oxidation sites excluding steroid dienone is 1. The molecule has 5 nitrogen and oxygen atoms in total. The number of amides is 1. The Labute approximate surface area is 155 Å². The van der Waals surface area contributed by atoms with Crippen LogP contribution in [0.15, 0.2) is 47.3 Å². The second kappa shape index (κ2) is 7.41. The fraction of sp³-hybridized carbons (Fsp3) is 0.278. The number of carbonyl (C=O) groups is 1. The van der Waals surface area contributed by atoms with Crippen molar-refractivity contribution in [3.05, 3.63) is 57.7 Å². The largest absolute Gasteiger partial charge is 0.512 e. The Kier molecular flexibility index (Phi) is 5.24. The van der Waals surface area contributed by atoms with E-state index in [-0.39, 0.29) is 17.7 Å². The third-order valence-corrected chi connectivity index (χ3v) is 6.04. The molecular weight excluding hydrogens is 354 g/mol. The molecule has 3 rings (SSSR count). The van der Waals surface area contributed by atoms with Gasteiger partial charge in [0.2, 0.25) is 0 Å². The maximum atomic E-state index is 13.3. The van der Waals surface area contributed by atoms with Gasteiger partial charge in [0.15, 0.2) is 5.17 Å². The predicted octanol–water partition coefficient (Wildman–Crippen LogP) is 4.04. The number of amidine groups is 1. The zero-order valence-corrected chi connectivity index (χ0v) is 15.9. The number of hydrogen-bond acceptors (Lipinski definition) is 6. The van der Waals surface area contributed by atoms with Gasteiger partial charge in [0, 0.05) is 23.9 Å². The Bertz CT molecular complexity index is 839. The summed E-state index contributed by atoms with van der Waals surface area (Å²) in [5, 5.41) is 11.8. The first-order valence-corrected chi connectivity index (χ1v) is 9.64. The minimum Gasteiger partial charge on any atom is -0.512 e. The molecule has 7 heteroatoms. The highest BCUT2D eigenvalue weighted by Crippen LogP contribution is 2.39. The number of thiazole rings is 1. The summed E-state index contributed by atoms with van der Waals surface area (Å²) in [4.78, 5) is 24.6. The van der Waals surface area contributed by atoms with E-state index in [4.69, 9.17) is 0 Å². The molecule has 1 N–H and O–H groups in total. The van der Waals surface area contributed by atoms with Crippen molar-refractivity contribution in [1.29, 1.82) is 0 Å². The Morgan fingerprint density at radius 1 is 1.36 bits per heavy atom. The van der Waals surface area contributed by atoms with Gasteiger partial charge in [0.25, 0.3) is 5.91 Å². The minimum absolute atomic E-state index is 0.00258. The van der Waals surface area contributed by atoms with Crippen molar-refractivity contribution in [3.63, 3.8) is 0 Å². The van der Waals surface area contributed by atoms with Gasteiger partial charge in [0.05, 0.1) is 16.6 Å². The van der Waals surface area contributed by atoms with Crippen LogP contribution in [0.4, 0.5) is 0 Å². The van der Waals surface area contributed by atoms with E-state index < -0.39 is 0 Å². The van der Waals surface area contributed by atoms with Gasteiger partial charge in [-0.05, 0) is 19.4 Å². The van der Waals surface area contributed by atoms with Gasteiger partial charge >= 0.3 is 0 Å². The average molecular weight is 374 g/mol. The zero-order valence-electron chi connectivity index (χ0n) is 14.3. The molecule has 0 spiro atoms. The van der Waals surface area contributed by atoms with Crippen molar-refractivity contribution in [2.24, 2.45) is 4.99 Å². The number of rotatable bonds is 3. The molecule has 1 aromatic heterocycles. The van der Waals surface area contributed by atoms with Gasteiger partial charge < -0.3 is 5.11 Å². The maximum absolute atomic E-state index is 13.3. The fourth-order valence-electron chi connectivity index (χ4n) is 2.79. The highest BCUT2D eigenvalue weighted by molar-refractivity contribution is 8.14. The Hall–Kier alpha value is -2.12. The molecule has 0 aliphatic carbocycles. The van der Waals surface area contributed by atoms with Crippen LogP contribution in [-0.4, -0.2) is 38.9 Å². The first kappa shape index (κ1) is 17.7. The summed E-state index contributed by atoms with van der Waals surface area (Å²) < 4.78 is 0. The highest BCUT2D eigenvalue weighted by atomic mass is 32.2. The summed E-state index contributed by atoms with van der Waals surface area (Å²) >= 11 is 3.13. The highest BCUT2D eigenvalue weighted by Gasteiger charge is 2.39. The lowest BCUT2D eigenvalue weighted by atomic mass is 10.0. The Morgan fingerprint density at radius 3 is 2.64 bits per heavy atom. The zero-order chi connectivity index (χ0) is 18.0. The first-order chi connectivity index (χ1) is 12.0. The minimum atomic E-state index is -0.243. The van der Waals surface area contributed by atoms with E-state index in [1.165, 1.54) is 6.92 Å². The number of thioether (sulfide) groups is 1. The number of benzene rings is 1. The molecule has 1 aliphatic rings. The van der Waals surface area contributed by atoms with Crippen molar-refractivity contribution in [1.82, 2.24) is 9.88 Å². The van der Waals surface area contributed by atoms with E-state index in [1.54, 1.807) is 35.0 Å². The van der Waals surface area contributed by atoms with Gasteiger partial charge in [0.1, 0.15) is 5.76 Å². The van der Waals surface area contributed by atoms with Crippen LogP contribution in [0.1, 0.15) is 28.4 Å². The monoisotopic (exact) mass is 373 g/mol. The number of aliphatic hydroxyl groups excluding tert-OH is 1. The second-order valence-electron chi connectivity index (χ2n) is 5.62. The van der Waals surface area contributed by atoms with E-state index in [0.717, 1.165) is 15.6 Å². The molecule has 1 atom stereocenters. The molecule has 0 unspecified atom stereocenters. The van der Waals surface area contributed by atoms with Crippen molar-refractivity contribution in [3.8, 4) is 0 Å². The number of nitrogens with zero attached hydrogens (tertiary/aromatic N) is 3. The molecule has 2 heterocycles. The fourth-order valence-corrected chi connectivity index (χ4v) is 4.88. The number of hydrogen-bond donors (Lipinski definition) is 1. The van der Waals surface area contributed by atoms with Crippen LogP contribution in [0.25, 0.3) is 5.57 Å². The van der Waals surface area contributed by atoms with Crippen molar-refractivity contribution in [2.75, 3.05) is 12.8 Å². The molecule has 1 saturated heterocycles. The summed E-state index contributed by atoms with van der Waals surface area (Å²) in [6.45, 7) is 3.49. The molecule has 1 aromatic carbocycles. The molecule has 1 aliphatic heterocycles. The Morgan fingerprint density at radius 2 is 2.08 bits per heavy atom. The van der Waals surface area contributed by atoms with Crippen LogP contribution in [0.5, 0.6) is 0 Å². The third-order valence-electron chi connectivity index (χ3n) is 3.90. The molecule has 2 aromatic rings. The molecule has 25 heavy (non-hydrogen) atoms. The predicted molar refractivity (Wildman–Crippen MR) is 104 cm³/mol. The summed E-state index contributed by atoms with van der Waals surface area (Å²) in [6, 6.07) is 9.11. The van der Waals surface area contributed by atoms with E-state index in [2.05, 4.69) is 9.98 Å². The average Bonchev–Trinajstić information content (AvgIpc) is 3.21. The summed E-state index contributed by atoms with van der Waals surface area (Å²) in [6.07, 6.45) is 1.82. The lowest BCUT2D eigenvalue weighted by Gasteiger charge is -2.24. The van der Waals surface area contributed by atoms with Gasteiger partial charge in [-0.2, -0.15) is 0 Å². The molecular formula is C18H19N3O2S2. The topological polar surface area (TPSA) is 65.8 Å². The normalized spacial score (nSPS) is 20.0. The smallest absolute Gasteiger partial charge is 0.264 e. The van der Waals surface area contributed by atoms with Crippen molar-refractivity contribution < 1.29 is 9.90 Å². The van der Waals surface area contributed by atoms with E-state index >= 15 is 0 Å². The molecule has 130 valence electrons. The van der Waals surface area contributed by atoms with Crippen LogP contribution in [0, 0.1) is 6.92 Å². The first-order valence-electron chi connectivity index (χ1n) is 7.83. The summed E-state index contributed by atoms with van der Waals surface area (Å²) in [7, 11) is 1.68. The van der Waals surface area contributed by atoms with E-state index in [0.29, 0.717) is 16.3 Å². The summed E-state index contributed by atoms with van der Waals surface area (Å²) in [5.74, 6) is 0.489.